The molecule has 0 N–H and O–H groups in total. The molecule has 1 amide bonds. The highest BCUT2D eigenvalue weighted by Crippen LogP contribution is 2.23. The zero-order valence-corrected chi connectivity index (χ0v) is 13.9. The van der Waals surface area contributed by atoms with Gasteiger partial charge in [-0.1, -0.05) is 30.3 Å². The van der Waals surface area contributed by atoms with E-state index >= 15 is 0 Å². The molecular weight excluding hydrogens is 305 g/mol. The fraction of sp³-hybridized carbons (Fsp3) is 0.368. The molecule has 1 fully saturated rings. The van der Waals surface area contributed by atoms with Gasteiger partial charge in [0.2, 0.25) is 6.17 Å². The van der Waals surface area contributed by atoms with E-state index < -0.39 is 12.1 Å². The molecule has 0 unspecified atom stereocenters. The summed E-state index contributed by atoms with van der Waals surface area (Å²) < 4.78 is 14.5. The van der Waals surface area contributed by atoms with Crippen LogP contribution in [0.1, 0.15) is 23.7 Å². The number of pyridine rings is 1. The fourth-order valence-corrected chi connectivity index (χ4v) is 3.12. The molecule has 0 bridgehead atoms. The standard InChI is InChI=1S/C19H22FN3O/c1-15-14-21-9-8-17(15)22-10-5-11-23(13-12-22)19(24)18(20)16-6-3-2-4-7-16/h2-4,6-9,14,18H,5,10-13H2,1H3/t18-/m0/s1. The van der Waals surface area contributed by atoms with Crippen LogP contribution < -0.4 is 4.90 Å². The average molecular weight is 327 g/mol. The van der Waals surface area contributed by atoms with Gasteiger partial charge in [0, 0.05) is 44.3 Å². The summed E-state index contributed by atoms with van der Waals surface area (Å²) in [5.74, 6) is -0.436. The van der Waals surface area contributed by atoms with Gasteiger partial charge in [0.05, 0.1) is 0 Å². The van der Waals surface area contributed by atoms with E-state index in [1.54, 1.807) is 35.4 Å². The molecule has 4 nitrogen and oxygen atoms in total. The third kappa shape index (κ3) is 3.55. The van der Waals surface area contributed by atoms with Crippen molar-refractivity contribution >= 4 is 11.6 Å². The van der Waals surface area contributed by atoms with Gasteiger partial charge in [-0.15, -0.1) is 0 Å². The average Bonchev–Trinajstić information content (AvgIpc) is 2.88. The zero-order chi connectivity index (χ0) is 16.9. The number of hydrogen-bond acceptors (Lipinski definition) is 3. The first-order valence-corrected chi connectivity index (χ1v) is 8.30. The first kappa shape index (κ1) is 16.4. The molecule has 2 heterocycles. The van der Waals surface area contributed by atoms with Crippen molar-refractivity contribution in [3.05, 3.63) is 59.9 Å². The number of anilines is 1. The Balaban J connectivity index is 1.67. The van der Waals surface area contributed by atoms with Crippen LogP contribution in [0.3, 0.4) is 0 Å². The topological polar surface area (TPSA) is 36.4 Å². The number of benzene rings is 1. The van der Waals surface area contributed by atoms with Gasteiger partial charge < -0.3 is 9.80 Å². The first-order chi connectivity index (χ1) is 11.7. The second kappa shape index (κ2) is 7.43. The maximum absolute atomic E-state index is 14.5. The number of aryl methyl sites for hydroxylation is 1. The Bertz CT molecular complexity index is 692. The first-order valence-electron chi connectivity index (χ1n) is 8.30. The second-order valence-electron chi connectivity index (χ2n) is 6.10. The Kier molecular flexibility index (Phi) is 5.08. The van der Waals surface area contributed by atoms with Crippen molar-refractivity contribution in [2.24, 2.45) is 0 Å². The molecule has 126 valence electrons. The number of carbonyl (C=O) groups excluding carboxylic acids is 1. The molecule has 1 aromatic heterocycles. The molecule has 1 atom stereocenters. The summed E-state index contributed by atoms with van der Waals surface area (Å²) in [5.41, 5.74) is 2.68. The fourth-order valence-electron chi connectivity index (χ4n) is 3.12. The Morgan fingerprint density at radius 2 is 1.92 bits per heavy atom. The Hall–Kier alpha value is -2.43. The van der Waals surface area contributed by atoms with Crippen molar-refractivity contribution in [3.63, 3.8) is 0 Å². The summed E-state index contributed by atoms with van der Waals surface area (Å²) in [6, 6.07) is 10.6. The summed E-state index contributed by atoms with van der Waals surface area (Å²) in [6.07, 6.45) is 2.87. The molecular formula is C19H22FN3O. The van der Waals surface area contributed by atoms with Crippen molar-refractivity contribution in [2.45, 2.75) is 19.5 Å². The quantitative estimate of drug-likeness (QED) is 0.869. The lowest BCUT2D eigenvalue weighted by Gasteiger charge is -2.25. The van der Waals surface area contributed by atoms with E-state index in [4.69, 9.17) is 0 Å². The van der Waals surface area contributed by atoms with Crippen LogP contribution >= 0.6 is 0 Å². The van der Waals surface area contributed by atoms with Crippen LogP contribution in [0.5, 0.6) is 0 Å². The highest BCUT2D eigenvalue weighted by atomic mass is 19.1. The monoisotopic (exact) mass is 327 g/mol. The van der Waals surface area contributed by atoms with E-state index in [-0.39, 0.29) is 0 Å². The van der Waals surface area contributed by atoms with Crippen LogP contribution in [0.2, 0.25) is 0 Å². The molecule has 5 heteroatoms. The highest BCUT2D eigenvalue weighted by Gasteiger charge is 2.27. The molecule has 1 aliphatic heterocycles. The minimum Gasteiger partial charge on any atom is -0.369 e. The number of aromatic nitrogens is 1. The van der Waals surface area contributed by atoms with Gasteiger partial charge in [0.1, 0.15) is 0 Å². The lowest BCUT2D eigenvalue weighted by Crippen LogP contribution is -2.37. The Morgan fingerprint density at radius 1 is 1.12 bits per heavy atom. The van der Waals surface area contributed by atoms with Crippen molar-refractivity contribution in [2.75, 3.05) is 31.1 Å². The summed E-state index contributed by atoms with van der Waals surface area (Å²) in [5, 5.41) is 0. The maximum Gasteiger partial charge on any atom is 0.261 e. The van der Waals surface area contributed by atoms with Crippen LogP contribution in [0.25, 0.3) is 0 Å². The third-order valence-corrected chi connectivity index (χ3v) is 4.45. The number of rotatable bonds is 3. The lowest BCUT2D eigenvalue weighted by molar-refractivity contribution is -0.136. The smallest absolute Gasteiger partial charge is 0.261 e. The molecule has 1 aliphatic rings. The largest absolute Gasteiger partial charge is 0.369 e. The zero-order valence-electron chi connectivity index (χ0n) is 13.9. The Labute approximate surface area is 141 Å². The predicted octanol–water partition coefficient (Wildman–Crippen LogP) is 3.14. The molecule has 0 radical (unpaired) electrons. The molecule has 2 aromatic rings. The Morgan fingerprint density at radius 3 is 2.67 bits per heavy atom. The van der Waals surface area contributed by atoms with Crippen molar-refractivity contribution in [1.29, 1.82) is 0 Å². The van der Waals surface area contributed by atoms with E-state index in [2.05, 4.69) is 9.88 Å². The van der Waals surface area contributed by atoms with E-state index in [0.29, 0.717) is 25.2 Å². The van der Waals surface area contributed by atoms with Gasteiger partial charge >= 0.3 is 0 Å². The molecule has 1 aromatic carbocycles. The number of nitrogens with zero attached hydrogens (tertiary/aromatic N) is 3. The van der Waals surface area contributed by atoms with Crippen molar-refractivity contribution < 1.29 is 9.18 Å². The minimum absolute atomic E-state index is 0.425. The van der Waals surface area contributed by atoms with Crippen molar-refractivity contribution in [1.82, 2.24) is 9.88 Å². The van der Waals surface area contributed by atoms with Crippen LogP contribution in [0, 0.1) is 6.92 Å². The molecule has 1 saturated heterocycles. The van der Waals surface area contributed by atoms with E-state index in [1.165, 1.54) is 0 Å². The number of halogens is 1. The summed E-state index contributed by atoms with van der Waals surface area (Å²) in [4.78, 5) is 20.5. The van der Waals surface area contributed by atoms with Gasteiger partial charge in [-0.3, -0.25) is 9.78 Å². The predicted molar refractivity (Wildman–Crippen MR) is 92.7 cm³/mol. The van der Waals surface area contributed by atoms with Gasteiger partial charge in [-0.05, 0) is 30.5 Å². The highest BCUT2D eigenvalue weighted by molar-refractivity contribution is 5.82. The van der Waals surface area contributed by atoms with E-state index in [9.17, 15) is 9.18 Å². The number of amides is 1. The van der Waals surface area contributed by atoms with Crippen LogP contribution in [0.4, 0.5) is 10.1 Å². The maximum atomic E-state index is 14.5. The minimum atomic E-state index is -1.58. The third-order valence-electron chi connectivity index (χ3n) is 4.45. The van der Waals surface area contributed by atoms with E-state index in [0.717, 1.165) is 24.2 Å². The van der Waals surface area contributed by atoms with Crippen LogP contribution in [0.15, 0.2) is 48.8 Å². The molecule has 0 saturated carbocycles. The number of carbonyl (C=O) groups is 1. The number of hydrogen-bond donors (Lipinski definition) is 0. The van der Waals surface area contributed by atoms with Gasteiger partial charge in [-0.25, -0.2) is 4.39 Å². The van der Waals surface area contributed by atoms with Gasteiger partial charge in [-0.2, -0.15) is 0 Å². The second-order valence-corrected chi connectivity index (χ2v) is 6.10. The van der Waals surface area contributed by atoms with Gasteiger partial charge in [0.25, 0.3) is 5.91 Å². The molecule has 0 aliphatic carbocycles. The van der Waals surface area contributed by atoms with Gasteiger partial charge in [0.15, 0.2) is 0 Å². The summed E-state index contributed by atoms with van der Waals surface area (Å²) in [6.45, 7) is 4.72. The summed E-state index contributed by atoms with van der Waals surface area (Å²) >= 11 is 0. The van der Waals surface area contributed by atoms with Crippen LogP contribution in [-0.4, -0.2) is 42.0 Å². The normalized spacial score (nSPS) is 16.6. The SMILES string of the molecule is Cc1cnccc1N1CCCN(C(=O)[C@@H](F)c2ccccc2)CC1. The molecule has 3 rings (SSSR count). The summed E-state index contributed by atoms with van der Waals surface area (Å²) in [7, 11) is 0. The lowest BCUT2D eigenvalue weighted by atomic mass is 10.1. The number of alkyl halides is 1. The van der Waals surface area contributed by atoms with Crippen molar-refractivity contribution in [3.8, 4) is 0 Å². The van der Waals surface area contributed by atoms with Crippen LogP contribution in [-0.2, 0) is 4.79 Å². The van der Waals surface area contributed by atoms with E-state index in [1.807, 2.05) is 25.3 Å². The molecule has 24 heavy (non-hydrogen) atoms. The molecule has 0 spiro atoms.